The van der Waals surface area contributed by atoms with Gasteiger partial charge in [0.1, 0.15) is 0 Å². The third kappa shape index (κ3) is 4.00. The molecule has 0 heterocycles. The van der Waals surface area contributed by atoms with E-state index in [0.717, 1.165) is 18.3 Å². The van der Waals surface area contributed by atoms with Crippen molar-refractivity contribution in [1.29, 1.82) is 5.26 Å². The number of hydrogen-bond donors (Lipinski definition) is 0. The van der Waals surface area contributed by atoms with E-state index < -0.39 is 0 Å². The zero-order valence-corrected chi connectivity index (χ0v) is 11.2. The maximum absolute atomic E-state index is 8.99. The van der Waals surface area contributed by atoms with E-state index in [2.05, 4.69) is 26.0 Å². The van der Waals surface area contributed by atoms with Gasteiger partial charge >= 0.3 is 0 Å². The Kier molecular flexibility index (Phi) is 4.59. The Morgan fingerprint density at radius 1 is 1.56 bits per heavy atom. The smallest absolute Gasteiger partial charge is 0.0683 e. The lowest BCUT2D eigenvalue weighted by Gasteiger charge is -2.28. The third-order valence-corrected chi connectivity index (χ3v) is 4.01. The topological polar surface area (TPSA) is 23.8 Å². The second kappa shape index (κ2) is 5.53. The molecule has 90 valence electrons. The van der Waals surface area contributed by atoms with Crippen LogP contribution in [0.2, 0.25) is 0 Å². The first-order valence-electron chi connectivity index (χ1n) is 6.51. The first-order chi connectivity index (χ1) is 7.44. The van der Waals surface area contributed by atoms with Gasteiger partial charge in [-0.05, 0) is 64.7 Å². The highest BCUT2D eigenvalue weighted by atomic mass is 14.3. The van der Waals surface area contributed by atoms with Crippen molar-refractivity contribution in [2.75, 3.05) is 0 Å². The fourth-order valence-corrected chi connectivity index (χ4v) is 2.38. The highest BCUT2D eigenvalue weighted by molar-refractivity contribution is 5.03. The maximum atomic E-state index is 8.99. The minimum atomic E-state index is -0.144. The molecule has 1 aliphatic rings. The molecule has 1 aliphatic carbocycles. The van der Waals surface area contributed by atoms with Gasteiger partial charge in [-0.3, -0.25) is 0 Å². The highest BCUT2D eigenvalue weighted by Gasteiger charge is 2.23. The predicted octanol–water partition coefficient (Wildman–Crippen LogP) is 4.70. The summed E-state index contributed by atoms with van der Waals surface area (Å²) in [4.78, 5) is 0. The lowest BCUT2D eigenvalue weighted by atomic mass is 9.77. The number of nitriles is 1. The van der Waals surface area contributed by atoms with Crippen LogP contribution in [-0.2, 0) is 0 Å². The van der Waals surface area contributed by atoms with Gasteiger partial charge in [-0.2, -0.15) is 5.26 Å². The molecule has 1 rings (SSSR count). The van der Waals surface area contributed by atoms with Crippen molar-refractivity contribution in [2.24, 2.45) is 17.3 Å². The molecule has 0 N–H and O–H groups in total. The van der Waals surface area contributed by atoms with Crippen molar-refractivity contribution in [3.05, 3.63) is 11.6 Å². The Labute approximate surface area is 101 Å². The van der Waals surface area contributed by atoms with Gasteiger partial charge < -0.3 is 0 Å². The number of allylic oxidation sites excluding steroid dienone is 2. The van der Waals surface area contributed by atoms with Gasteiger partial charge in [0, 0.05) is 0 Å². The van der Waals surface area contributed by atoms with E-state index in [4.69, 9.17) is 5.26 Å². The van der Waals surface area contributed by atoms with Gasteiger partial charge in [-0.1, -0.05) is 18.6 Å². The van der Waals surface area contributed by atoms with Crippen molar-refractivity contribution >= 4 is 0 Å². The summed E-state index contributed by atoms with van der Waals surface area (Å²) in [5.74, 6) is 1.61. The number of nitrogens with zero attached hydrogens (tertiary/aromatic N) is 1. The van der Waals surface area contributed by atoms with Crippen LogP contribution in [0.5, 0.6) is 0 Å². The van der Waals surface area contributed by atoms with E-state index in [1.165, 1.54) is 25.7 Å². The molecule has 0 aromatic rings. The lowest BCUT2D eigenvalue weighted by molar-refractivity contribution is 0.276. The van der Waals surface area contributed by atoms with Crippen LogP contribution in [0.3, 0.4) is 0 Å². The van der Waals surface area contributed by atoms with Crippen LogP contribution in [-0.4, -0.2) is 0 Å². The molecule has 0 fully saturated rings. The Balaban J connectivity index is 2.37. The molecule has 0 aliphatic heterocycles. The van der Waals surface area contributed by atoms with Gasteiger partial charge in [0.2, 0.25) is 0 Å². The number of hydrogen-bond acceptors (Lipinski definition) is 1. The lowest BCUT2D eigenvalue weighted by Crippen LogP contribution is -2.17. The summed E-state index contributed by atoms with van der Waals surface area (Å²) in [6.45, 7) is 8.68. The Hall–Kier alpha value is -0.770. The standard InChI is InChI=1S/C15H25N/c1-12-5-7-14(8-6-12)13(2)9-10-15(3,4)11-16/h5,13-14H,6-10H2,1-4H3/t13-,14-/m1/s1. The van der Waals surface area contributed by atoms with Gasteiger partial charge in [0.05, 0.1) is 11.5 Å². The molecule has 16 heavy (non-hydrogen) atoms. The van der Waals surface area contributed by atoms with Crippen LogP contribution < -0.4 is 0 Å². The molecular weight excluding hydrogens is 194 g/mol. The Morgan fingerprint density at radius 2 is 2.25 bits per heavy atom. The maximum Gasteiger partial charge on any atom is 0.0683 e. The molecule has 0 radical (unpaired) electrons. The molecule has 2 atom stereocenters. The van der Waals surface area contributed by atoms with Crippen LogP contribution >= 0.6 is 0 Å². The van der Waals surface area contributed by atoms with E-state index in [0.29, 0.717) is 0 Å². The second-order valence-corrected chi connectivity index (χ2v) is 6.10. The van der Waals surface area contributed by atoms with Crippen LogP contribution in [0.25, 0.3) is 0 Å². The first-order valence-corrected chi connectivity index (χ1v) is 6.51. The summed E-state index contributed by atoms with van der Waals surface area (Å²) >= 11 is 0. The molecule has 0 unspecified atom stereocenters. The van der Waals surface area contributed by atoms with Crippen LogP contribution in [0, 0.1) is 28.6 Å². The summed E-state index contributed by atoms with van der Waals surface area (Å²) in [6.07, 6.45) is 8.50. The second-order valence-electron chi connectivity index (χ2n) is 6.10. The fourth-order valence-electron chi connectivity index (χ4n) is 2.38. The van der Waals surface area contributed by atoms with E-state index in [-0.39, 0.29) is 5.41 Å². The SMILES string of the molecule is CC1=CC[C@@H]([C@H](C)CCC(C)(C)C#N)CC1. The van der Waals surface area contributed by atoms with E-state index >= 15 is 0 Å². The van der Waals surface area contributed by atoms with Crippen molar-refractivity contribution in [1.82, 2.24) is 0 Å². The molecule has 0 spiro atoms. The van der Waals surface area contributed by atoms with Crippen molar-refractivity contribution in [2.45, 2.75) is 59.8 Å². The van der Waals surface area contributed by atoms with Gasteiger partial charge in [0.25, 0.3) is 0 Å². The Bertz CT molecular complexity index is 293. The molecule has 0 amide bonds. The zero-order chi connectivity index (χ0) is 12.2. The summed E-state index contributed by atoms with van der Waals surface area (Å²) in [5, 5.41) is 8.99. The zero-order valence-electron chi connectivity index (χ0n) is 11.2. The summed E-state index contributed by atoms with van der Waals surface area (Å²) in [6, 6.07) is 2.39. The van der Waals surface area contributed by atoms with Crippen molar-refractivity contribution in [3.8, 4) is 6.07 Å². The molecule has 0 bridgehead atoms. The minimum Gasteiger partial charge on any atom is -0.198 e. The van der Waals surface area contributed by atoms with Crippen LogP contribution in [0.1, 0.15) is 59.8 Å². The van der Waals surface area contributed by atoms with Crippen molar-refractivity contribution < 1.29 is 0 Å². The summed E-state index contributed by atoms with van der Waals surface area (Å²) in [7, 11) is 0. The summed E-state index contributed by atoms with van der Waals surface area (Å²) < 4.78 is 0. The average molecular weight is 219 g/mol. The molecular formula is C15H25N. The molecule has 1 nitrogen and oxygen atoms in total. The predicted molar refractivity (Wildman–Crippen MR) is 68.9 cm³/mol. The first kappa shape index (κ1) is 13.3. The highest BCUT2D eigenvalue weighted by Crippen LogP contribution is 2.33. The van der Waals surface area contributed by atoms with Crippen molar-refractivity contribution in [3.63, 3.8) is 0 Å². The Morgan fingerprint density at radius 3 is 2.75 bits per heavy atom. The summed E-state index contributed by atoms with van der Waals surface area (Å²) in [5.41, 5.74) is 1.41. The van der Waals surface area contributed by atoms with E-state index in [1.807, 2.05) is 13.8 Å². The molecule has 0 saturated carbocycles. The molecule has 0 aromatic heterocycles. The molecule has 0 aromatic carbocycles. The van der Waals surface area contributed by atoms with Gasteiger partial charge in [-0.25, -0.2) is 0 Å². The van der Waals surface area contributed by atoms with Crippen LogP contribution in [0.4, 0.5) is 0 Å². The number of rotatable bonds is 4. The largest absolute Gasteiger partial charge is 0.198 e. The normalized spacial score (nSPS) is 23.4. The molecule has 0 saturated heterocycles. The fraction of sp³-hybridized carbons (Fsp3) is 0.800. The monoisotopic (exact) mass is 219 g/mol. The van der Waals surface area contributed by atoms with Gasteiger partial charge in [0.15, 0.2) is 0 Å². The quantitative estimate of drug-likeness (QED) is 0.629. The van der Waals surface area contributed by atoms with E-state index in [1.54, 1.807) is 5.57 Å². The van der Waals surface area contributed by atoms with E-state index in [9.17, 15) is 0 Å². The average Bonchev–Trinajstić information content (AvgIpc) is 2.27. The third-order valence-electron chi connectivity index (χ3n) is 4.01. The minimum absolute atomic E-state index is 0.144. The van der Waals surface area contributed by atoms with Gasteiger partial charge in [-0.15, -0.1) is 0 Å². The molecule has 1 heteroatoms. The van der Waals surface area contributed by atoms with Crippen LogP contribution in [0.15, 0.2) is 11.6 Å².